The number of hydrogen-bond acceptors (Lipinski definition) is 3. The SMILES string of the molecule is O=C(COc1ccc(Cl)c(Cl)c1)N1CCCC(O)C1. The van der Waals surface area contributed by atoms with Gasteiger partial charge in [0.1, 0.15) is 5.75 Å². The van der Waals surface area contributed by atoms with Gasteiger partial charge >= 0.3 is 0 Å². The van der Waals surface area contributed by atoms with Gasteiger partial charge in [-0.25, -0.2) is 0 Å². The summed E-state index contributed by atoms with van der Waals surface area (Å²) >= 11 is 11.6. The van der Waals surface area contributed by atoms with Crippen LogP contribution >= 0.6 is 23.2 Å². The summed E-state index contributed by atoms with van der Waals surface area (Å²) in [6.07, 6.45) is 1.14. The molecule has 1 aliphatic rings. The number of β-amino-alcohol motifs (C(OH)–C–C–N with tert-alkyl or cyclic N) is 1. The second-order valence-electron chi connectivity index (χ2n) is 4.50. The van der Waals surface area contributed by atoms with Crippen LogP contribution in [0.1, 0.15) is 12.8 Å². The number of piperidine rings is 1. The van der Waals surface area contributed by atoms with E-state index in [-0.39, 0.29) is 12.5 Å². The zero-order valence-electron chi connectivity index (χ0n) is 10.3. The Bertz CT molecular complexity index is 467. The number of rotatable bonds is 3. The first kappa shape index (κ1) is 14.4. The van der Waals surface area contributed by atoms with Crippen molar-refractivity contribution in [3.05, 3.63) is 28.2 Å². The fourth-order valence-electron chi connectivity index (χ4n) is 1.98. The van der Waals surface area contributed by atoms with E-state index in [9.17, 15) is 9.90 Å². The minimum atomic E-state index is -0.428. The van der Waals surface area contributed by atoms with E-state index in [2.05, 4.69) is 0 Å². The summed E-state index contributed by atoms with van der Waals surface area (Å²) in [5.41, 5.74) is 0. The molecule has 6 heteroatoms. The Hall–Kier alpha value is -0.970. The molecule has 0 bridgehead atoms. The monoisotopic (exact) mass is 303 g/mol. The van der Waals surface area contributed by atoms with Crippen LogP contribution in [0.3, 0.4) is 0 Å². The molecular weight excluding hydrogens is 289 g/mol. The molecule has 0 aromatic heterocycles. The Morgan fingerprint density at radius 2 is 2.21 bits per heavy atom. The molecular formula is C13H15Cl2NO3. The molecule has 1 saturated heterocycles. The van der Waals surface area contributed by atoms with E-state index in [0.717, 1.165) is 12.8 Å². The molecule has 1 aromatic rings. The number of amides is 1. The molecule has 1 unspecified atom stereocenters. The molecule has 1 atom stereocenters. The van der Waals surface area contributed by atoms with Crippen molar-refractivity contribution in [2.75, 3.05) is 19.7 Å². The van der Waals surface area contributed by atoms with E-state index in [1.807, 2.05) is 0 Å². The minimum absolute atomic E-state index is 0.0648. The van der Waals surface area contributed by atoms with Gasteiger partial charge in [-0.1, -0.05) is 23.2 Å². The van der Waals surface area contributed by atoms with Gasteiger partial charge < -0.3 is 14.7 Å². The van der Waals surface area contributed by atoms with Crippen LogP contribution in [-0.2, 0) is 4.79 Å². The molecule has 0 aliphatic carbocycles. The summed E-state index contributed by atoms with van der Waals surface area (Å²) < 4.78 is 5.38. The smallest absolute Gasteiger partial charge is 0.260 e. The predicted octanol–water partition coefficient (Wildman–Crippen LogP) is 2.36. The highest BCUT2D eigenvalue weighted by molar-refractivity contribution is 6.42. The van der Waals surface area contributed by atoms with Crippen molar-refractivity contribution >= 4 is 29.1 Å². The van der Waals surface area contributed by atoms with Gasteiger partial charge in [0.15, 0.2) is 6.61 Å². The topological polar surface area (TPSA) is 49.8 Å². The lowest BCUT2D eigenvalue weighted by Crippen LogP contribution is -2.44. The Kier molecular flexibility index (Phi) is 4.91. The van der Waals surface area contributed by atoms with Crippen LogP contribution in [0.5, 0.6) is 5.75 Å². The zero-order chi connectivity index (χ0) is 13.8. The first-order chi connectivity index (χ1) is 9.06. The van der Waals surface area contributed by atoms with Crippen molar-refractivity contribution < 1.29 is 14.6 Å². The zero-order valence-corrected chi connectivity index (χ0v) is 11.8. The minimum Gasteiger partial charge on any atom is -0.484 e. The third kappa shape index (κ3) is 4.00. The summed E-state index contributed by atoms with van der Waals surface area (Å²) in [5.74, 6) is 0.366. The lowest BCUT2D eigenvalue weighted by atomic mass is 10.1. The average Bonchev–Trinajstić information content (AvgIpc) is 2.40. The molecule has 0 radical (unpaired) electrons. The molecule has 0 spiro atoms. The molecule has 1 aromatic carbocycles. The van der Waals surface area contributed by atoms with Gasteiger partial charge in [0.2, 0.25) is 0 Å². The van der Waals surface area contributed by atoms with Gasteiger partial charge in [-0.3, -0.25) is 4.79 Å². The number of nitrogens with zero attached hydrogens (tertiary/aromatic N) is 1. The average molecular weight is 304 g/mol. The van der Waals surface area contributed by atoms with E-state index in [0.29, 0.717) is 28.9 Å². The highest BCUT2D eigenvalue weighted by Crippen LogP contribution is 2.26. The van der Waals surface area contributed by atoms with Crippen molar-refractivity contribution in [2.24, 2.45) is 0 Å². The number of aliphatic hydroxyl groups excluding tert-OH is 1. The van der Waals surface area contributed by atoms with Crippen molar-refractivity contribution in [3.8, 4) is 5.75 Å². The van der Waals surface area contributed by atoms with Crippen LogP contribution in [0, 0.1) is 0 Å². The quantitative estimate of drug-likeness (QED) is 0.932. The van der Waals surface area contributed by atoms with Gasteiger partial charge in [-0.2, -0.15) is 0 Å². The van der Waals surface area contributed by atoms with E-state index < -0.39 is 6.10 Å². The van der Waals surface area contributed by atoms with Gasteiger partial charge in [0.25, 0.3) is 5.91 Å². The molecule has 1 aliphatic heterocycles. The van der Waals surface area contributed by atoms with E-state index >= 15 is 0 Å². The van der Waals surface area contributed by atoms with Crippen LogP contribution in [-0.4, -0.2) is 41.7 Å². The van der Waals surface area contributed by atoms with Gasteiger partial charge in [0.05, 0.1) is 16.1 Å². The Labute approximate surface area is 121 Å². The second-order valence-corrected chi connectivity index (χ2v) is 5.31. The van der Waals surface area contributed by atoms with E-state index in [4.69, 9.17) is 27.9 Å². The van der Waals surface area contributed by atoms with Crippen LogP contribution in [0.4, 0.5) is 0 Å². The Morgan fingerprint density at radius 1 is 1.42 bits per heavy atom. The maximum Gasteiger partial charge on any atom is 0.260 e. The second kappa shape index (κ2) is 6.46. The van der Waals surface area contributed by atoms with Crippen LogP contribution < -0.4 is 4.74 Å². The Balaban J connectivity index is 1.87. The number of ether oxygens (including phenoxy) is 1. The Morgan fingerprint density at radius 3 is 2.89 bits per heavy atom. The molecule has 1 heterocycles. The largest absolute Gasteiger partial charge is 0.484 e. The fourth-order valence-corrected chi connectivity index (χ4v) is 2.27. The van der Waals surface area contributed by atoms with Crippen molar-refractivity contribution in [3.63, 3.8) is 0 Å². The van der Waals surface area contributed by atoms with Crippen molar-refractivity contribution in [1.29, 1.82) is 0 Å². The number of hydrogen-bond donors (Lipinski definition) is 1. The summed E-state index contributed by atoms with van der Waals surface area (Å²) in [4.78, 5) is 13.5. The van der Waals surface area contributed by atoms with Crippen LogP contribution in [0.2, 0.25) is 10.0 Å². The number of benzene rings is 1. The van der Waals surface area contributed by atoms with Gasteiger partial charge in [0, 0.05) is 19.2 Å². The molecule has 0 saturated carbocycles. The number of carbonyl (C=O) groups is 1. The maximum absolute atomic E-state index is 11.9. The van der Waals surface area contributed by atoms with Crippen molar-refractivity contribution in [1.82, 2.24) is 4.90 Å². The van der Waals surface area contributed by atoms with Crippen LogP contribution in [0.25, 0.3) is 0 Å². The third-order valence-electron chi connectivity index (χ3n) is 3.00. The maximum atomic E-state index is 11.9. The molecule has 19 heavy (non-hydrogen) atoms. The normalized spacial score (nSPS) is 19.3. The molecule has 1 amide bonds. The molecule has 2 rings (SSSR count). The summed E-state index contributed by atoms with van der Waals surface area (Å²) in [6, 6.07) is 4.85. The molecule has 4 nitrogen and oxygen atoms in total. The van der Waals surface area contributed by atoms with Gasteiger partial charge in [-0.15, -0.1) is 0 Å². The highest BCUT2D eigenvalue weighted by atomic mass is 35.5. The number of halogens is 2. The predicted molar refractivity (Wildman–Crippen MR) is 73.8 cm³/mol. The molecule has 1 fully saturated rings. The van der Waals surface area contributed by atoms with Gasteiger partial charge in [-0.05, 0) is 25.0 Å². The summed E-state index contributed by atoms with van der Waals surface area (Å²) in [6.45, 7) is 0.981. The molecule has 1 N–H and O–H groups in total. The first-order valence-electron chi connectivity index (χ1n) is 6.10. The number of likely N-dealkylation sites (tertiary alicyclic amines) is 1. The third-order valence-corrected chi connectivity index (χ3v) is 3.74. The molecule has 104 valence electrons. The summed E-state index contributed by atoms with van der Waals surface area (Å²) in [5, 5.41) is 10.3. The number of aliphatic hydroxyl groups is 1. The van der Waals surface area contributed by atoms with Crippen molar-refractivity contribution in [2.45, 2.75) is 18.9 Å². The fraction of sp³-hybridized carbons (Fsp3) is 0.462. The first-order valence-corrected chi connectivity index (χ1v) is 6.85. The van der Waals surface area contributed by atoms with Crippen LogP contribution in [0.15, 0.2) is 18.2 Å². The van der Waals surface area contributed by atoms with E-state index in [1.54, 1.807) is 23.1 Å². The van der Waals surface area contributed by atoms with E-state index in [1.165, 1.54) is 0 Å². The lowest BCUT2D eigenvalue weighted by molar-refractivity contribution is -0.136. The standard InChI is InChI=1S/C13H15Cl2NO3/c14-11-4-3-10(6-12(11)15)19-8-13(18)16-5-1-2-9(17)7-16/h3-4,6,9,17H,1-2,5,7-8H2. The highest BCUT2D eigenvalue weighted by Gasteiger charge is 2.22. The summed E-state index contributed by atoms with van der Waals surface area (Å²) in [7, 11) is 0. The number of carbonyl (C=O) groups excluding carboxylic acids is 1. The lowest BCUT2D eigenvalue weighted by Gasteiger charge is -2.30.